The molecule has 64 valence electrons. The summed E-state index contributed by atoms with van der Waals surface area (Å²) in [6.07, 6.45) is 7.92. The minimum Gasteiger partial charge on any atom is -0.292 e. The summed E-state index contributed by atoms with van der Waals surface area (Å²) in [5, 5.41) is 3.50. The standard InChI is InChI=1S/C9H12N2S/c1-2-4-8-7(3-1)11-6-5-10-9(11)12-8/h1-2,4,7,9-10H,3,5-6H2. The fraction of sp³-hybridized carbons (Fsp3) is 0.556. The van der Waals surface area contributed by atoms with E-state index in [-0.39, 0.29) is 0 Å². The van der Waals surface area contributed by atoms with Crippen LogP contribution in [0.15, 0.2) is 23.1 Å². The molecular formula is C9H12N2S. The molecule has 0 spiro atoms. The lowest BCUT2D eigenvalue weighted by Crippen LogP contribution is -2.34. The molecule has 1 N–H and O–H groups in total. The Morgan fingerprint density at radius 3 is 3.58 bits per heavy atom. The maximum Gasteiger partial charge on any atom is 0.113 e. The predicted molar refractivity (Wildman–Crippen MR) is 51.7 cm³/mol. The Hall–Kier alpha value is -0.250. The van der Waals surface area contributed by atoms with E-state index in [9.17, 15) is 0 Å². The molecular weight excluding hydrogens is 168 g/mol. The van der Waals surface area contributed by atoms with Gasteiger partial charge in [0.15, 0.2) is 0 Å². The summed E-state index contributed by atoms with van der Waals surface area (Å²) in [6, 6.07) is 0.694. The van der Waals surface area contributed by atoms with Gasteiger partial charge in [-0.2, -0.15) is 0 Å². The molecule has 3 aliphatic rings. The first-order valence-corrected chi connectivity index (χ1v) is 5.35. The monoisotopic (exact) mass is 180 g/mol. The molecule has 2 aliphatic heterocycles. The lowest BCUT2D eigenvalue weighted by atomic mass is 10.1. The van der Waals surface area contributed by atoms with Gasteiger partial charge in [-0.25, -0.2) is 0 Å². The molecule has 2 atom stereocenters. The number of nitrogens with one attached hydrogen (secondary N) is 1. The van der Waals surface area contributed by atoms with Gasteiger partial charge in [0.2, 0.25) is 0 Å². The van der Waals surface area contributed by atoms with Crippen molar-refractivity contribution in [1.82, 2.24) is 10.2 Å². The summed E-state index contributed by atoms with van der Waals surface area (Å²) >= 11 is 1.99. The van der Waals surface area contributed by atoms with E-state index < -0.39 is 0 Å². The molecule has 0 radical (unpaired) electrons. The number of fused-ring (bicyclic) bond motifs is 3. The van der Waals surface area contributed by atoms with Crippen molar-refractivity contribution in [2.24, 2.45) is 0 Å². The molecule has 12 heavy (non-hydrogen) atoms. The normalized spacial score (nSPS) is 39.5. The second kappa shape index (κ2) is 2.62. The van der Waals surface area contributed by atoms with Crippen LogP contribution in [0.2, 0.25) is 0 Å². The predicted octanol–water partition coefficient (Wildman–Crippen LogP) is 1.13. The second-order valence-electron chi connectivity index (χ2n) is 3.41. The van der Waals surface area contributed by atoms with E-state index in [1.165, 1.54) is 13.0 Å². The third kappa shape index (κ3) is 0.903. The third-order valence-corrected chi connectivity index (χ3v) is 4.06. The smallest absolute Gasteiger partial charge is 0.113 e. The van der Waals surface area contributed by atoms with E-state index in [0.717, 1.165) is 6.54 Å². The van der Waals surface area contributed by atoms with E-state index in [1.807, 2.05) is 11.8 Å². The van der Waals surface area contributed by atoms with Crippen molar-refractivity contribution < 1.29 is 0 Å². The van der Waals surface area contributed by atoms with E-state index >= 15 is 0 Å². The third-order valence-electron chi connectivity index (χ3n) is 2.72. The van der Waals surface area contributed by atoms with Crippen molar-refractivity contribution in [2.75, 3.05) is 13.1 Å². The Morgan fingerprint density at radius 1 is 1.58 bits per heavy atom. The second-order valence-corrected chi connectivity index (χ2v) is 4.56. The molecule has 3 rings (SSSR count). The van der Waals surface area contributed by atoms with Crippen LogP contribution >= 0.6 is 11.8 Å². The van der Waals surface area contributed by atoms with Crippen molar-refractivity contribution >= 4 is 11.8 Å². The van der Waals surface area contributed by atoms with Gasteiger partial charge >= 0.3 is 0 Å². The van der Waals surface area contributed by atoms with Crippen LogP contribution in [0, 0.1) is 0 Å². The Labute approximate surface area is 76.7 Å². The molecule has 1 aliphatic carbocycles. The highest BCUT2D eigenvalue weighted by atomic mass is 32.2. The van der Waals surface area contributed by atoms with Gasteiger partial charge in [0.25, 0.3) is 0 Å². The maximum atomic E-state index is 3.50. The quantitative estimate of drug-likeness (QED) is 0.601. The largest absolute Gasteiger partial charge is 0.292 e. The van der Waals surface area contributed by atoms with Gasteiger partial charge < -0.3 is 0 Å². The molecule has 0 aromatic heterocycles. The summed E-state index contributed by atoms with van der Waals surface area (Å²) in [5.41, 5.74) is 0.571. The molecule has 2 unspecified atom stereocenters. The molecule has 0 aromatic rings. The number of hydrogen-bond acceptors (Lipinski definition) is 3. The summed E-state index contributed by atoms with van der Waals surface area (Å²) in [6.45, 7) is 2.37. The molecule has 2 fully saturated rings. The molecule has 2 nitrogen and oxygen atoms in total. The van der Waals surface area contributed by atoms with Crippen LogP contribution in [0.25, 0.3) is 0 Å². The molecule has 0 amide bonds. The van der Waals surface area contributed by atoms with Gasteiger partial charge in [0, 0.05) is 24.0 Å². The summed E-state index contributed by atoms with van der Waals surface area (Å²) < 4.78 is 0. The topological polar surface area (TPSA) is 15.3 Å². The number of nitrogens with zero attached hydrogens (tertiary/aromatic N) is 1. The Balaban J connectivity index is 1.91. The summed E-state index contributed by atoms with van der Waals surface area (Å²) in [4.78, 5) is 4.12. The zero-order valence-electron chi connectivity index (χ0n) is 6.86. The average Bonchev–Trinajstić information content (AvgIpc) is 2.62. The maximum absolute atomic E-state index is 3.50. The van der Waals surface area contributed by atoms with Gasteiger partial charge in [0.05, 0.1) is 0 Å². The van der Waals surface area contributed by atoms with Crippen LogP contribution in [-0.4, -0.2) is 29.5 Å². The first-order chi connectivity index (χ1) is 5.95. The van der Waals surface area contributed by atoms with E-state index in [1.54, 1.807) is 4.91 Å². The molecule has 0 bridgehead atoms. The van der Waals surface area contributed by atoms with Gasteiger partial charge in [-0.3, -0.25) is 10.2 Å². The zero-order chi connectivity index (χ0) is 7.97. The van der Waals surface area contributed by atoms with Gasteiger partial charge in [-0.05, 0) is 6.42 Å². The van der Waals surface area contributed by atoms with Crippen LogP contribution < -0.4 is 5.32 Å². The molecule has 0 aromatic carbocycles. The number of allylic oxidation sites excluding steroid dienone is 2. The van der Waals surface area contributed by atoms with Gasteiger partial charge in [0.1, 0.15) is 5.50 Å². The lowest BCUT2D eigenvalue weighted by Gasteiger charge is -2.21. The van der Waals surface area contributed by atoms with Gasteiger partial charge in [-0.15, -0.1) is 0 Å². The van der Waals surface area contributed by atoms with Crippen LogP contribution in [0.3, 0.4) is 0 Å². The fourth-order valence-corrected chi connectivity index (χ4v) is 3.52. The highest BCUT2D eigenvalue weighted by Crippen LogP contribution is 2.42. The first kappa shape index (κ1) is 7.18. The van der Waals surface area contributed by atoms with Crippen molar-refractivity contribution in [3.05, 3.63) is 23.1 Å². The Kier molecular flexibility index (Phi) is 1.57. The minimum atomic E-state index is 0.571. The number of thioether (sulfide) groups is 1. The summed E-state index contributed by atoms with van der Waals surface area (Å²) in [5.74, 6) is 0. The van der Waals surface area contributed by atoms with E-state index in [0.29, 0.717) is 11.5 Å². The SMILES string of the molecule is C1=CCC2C(=C1)SC1NCCN12. The highest BCUT2D eigenvalue weighted by Gasteiger charge is 2.40. The van der Waals surface area contributed by atoms with Crippen LogP contribution in [-0.2, 0) is 0 Å². The highest BCUT2D eigenvalue weighted by molar-refractivity contribution is 8.03. The van der Waals surface area contributed by atoms with Crippen LogP contribution in [0.5, 0.6) is 0 Å². The van der Waals surface area contributed by atoms with Crippen molar-refractivity contribution in [3.8, 4) is 0 Å². The van der Waals surface area contributed by atoms with Crippen LogP contribution in [0.4, 0.5) is 0 Å². The van der Waals surface area contributed by atoms with E-state index in [4.69, 9.17) is 0 Å². The zero-order valence-corrected chi connectivity index (χ0v) is 7.68. The number of hydrogen-bond donors (Lipinski definition) is 1. The molecule has 3 heteroatoms. The molecule has 2 heterocycles. The average molecular weight is 180 g/mol. The Morgan fingerprint density at radius 2 is 2.58 bits per heavy atom. The van der Waals surface area contributed by atoms with Crippen molar-refractivity contribution in [2.45, 2.75) is 18.0 Å². The van der Waals surface area contributed by atoms with Crippen molar-refractivity contribution in [3.63, 3.8) is 0 Å². The van der Waals surface area contributed by atoms with Crippen molar-refractivity contribution in [1.29, 1.82) is 0 Å². The van der Waals surface area contributed by atoms with E-state index in [2.05, 4.69) is 28.4 Å². The lowest BCUT2D eigenvalue weighted by molar-refractivity contribution is 0.272. The fourth-order valence-electron chi connectivity index (χ4n) is 2.12. The summed E-state index contributed by atoms with van der Waals surface area (Å²) in [7, 11) is 0. The number of rotatable bonds is 0. The van der Waals surface area contributed by atoms with Crippen LogP contribution in [0.1, 0.15) is 6.42 Å². The Bertz CT molecular complexity index is 259. The minimum absolute atomic E-state index is 0.571. The first-order valence-electron chi connectivity index (χ1n) is 4.48. The van der Waals surface area contributed by atoms with Gasteiger partial charge in [-0.1, -0.05) is 30.0 Å². The molecule has 2 saturated heterocycles. The molecule has 0 saturated carbocycles.